The molecule has 0 spiro atoms. The molecule has 7 heteroatoms. The van der Waals surface area contributed by atoms with Gasteiger partial charge in [0.2, 0.25) is 0 Å². The van der Waals surface area contributed by atoms with Crippen LogP contribution in [0.4, 0.5) is 0 Å². The quantitative estimate of drug-likeness (QED) is 0.519. The average Bonchev–Trinajstić information content (AvgIpc) is 2.54. The van der Waals surface area contributed by atoms with Crippen molar-refractivity contribution in [3.05, 3.63) is 11.8 Å². The smallest absolute Gasteiger partial charge is 0.266 e. The van der Waals surface area contributed by atoms with Gasteiger partial charge in [-0.15, -0.1) is 0 Å². The third-order valence-corrected chi connectivity index (χ3v) is 3.81. The molecule has 2 aliphatic heterocycles. The van der Waals surface area contributed by atoms with Crippen molar-refractivity contribution in [2.45, 2.75) is 0 Å². The Hall–Kier alpha value is -1.62. The zero-order valence-electron chi connectivity index (χ0n) is 12.3. The van der Waals surface area contributed by atoms with Gasteiger partial charge in [0.05, 0.1) is 13.2 Å². The number of carbonyl (C=O) groups is 1. The summed E-state index contributed by atoms with van der Waals surface area (Å²) in [4.78, 5) is 18.4. The zero-order valence-corrected chi connectivity index (χ0v) is 12.3. The number of piperazine rings is 1. The summed E-state index contributed by atoms with van der Waals surface area (Å²) in [5.74, 6) is -0.170. The van der Waals surface area contributed by atoms with Crippen molar-refractivity contribution >= 4 is 5.91 Å². The fraction of sp³-hybridized carbons (Fsp3) is 0.714. The number of hydrogen-bond acceptors (Lipinski definition) is 6. The topological polar surface area (TPSA) is 85.8 Å². The van der Waals surface area contributed by atoms with E-state index in [0.29, 0.717) is 32.8 Å². The van der Waals surface area contributed by atoms with Crippen LogP contribution in [-0.2, 0) is 9.53 Å². The lowest BCUT2D eigenvalue weighted by Crippen LogP contribution is -2.50. The summed E-state index contributed by atoms with van der Waals surface area (Å²) in [5.41, 5.74) is 5.75. The molecule has 2 N–H and O–H groups in total. The van der Waals surface area contributed by atoms with Gasteiger partial charge in [-0.3, -0.25) is 9.69 Å². The number of hydrogen-bond donors (Lipinski definition) is 1. The van der Waals surface area contributed by atoms with Gasteiger partial charge >= 0.3 is 0 Å². The van der Waals surface area contributed by atoms with Crippen LogP contribution in [0.5, 0.6) is 0 Å². The van der Waals surface area contributed by atoms with Crippen molar-refractivity contribution in [1.29, 1.82) is 5.26 Å². The van der Waals surface area contributed by atoms with Crippen molar-refractivity contribution in [3.8, 4) is 6.07 Å². The van der Waals surface area contributed by atoms with Crippen LogP contribution >= 0.6 is 0 Å². The summed E-state index contributed by atoms with van der Waals surface area (Å²) in [5, 5.41) is 9.24. The van der Waals surface area contributed by atoms with E-state index in [4.69, 9.17) is 10.5 Å². The average molecular weight is 293 g/mol. The predicted molar refractivity (Wildman–Crippen MR) is 78.2 cm³/mol. The van der Waals surface area contributed by atoms with Gasteiger partial charge in [0, 0.05) is 58.6 Å². The number of nitrogens with two attached hydrogens (primary N) is 1. The van der Waals surface area contributed by atoms with E-state index >= 15 is 0 Å². The van der Waals surface area contributed by atoms with Gasteiger partial charge in [0.25, 0.3) is 5.91 Å². The number of nitrogens with zero attached hydrogens (tertiary/aromatic N) is 4. The van der Waals surface area contributed by atoms with E-state index < -0.39 is 0 Å². The lowest BCUT2D eigenvalue weighted by molar-refractivity contribution is -0.128. The molecule has 7 nitrogen and oxygen atoms in total. The van der Waals surface area contributed by atoms with Crippen LogP contribution in [0.1, 0.15) is 0 Å². The van der Waals surface area contributed by atoms with Crippen LogP contribution < -0.4 is 5.73 Å². The van der Waals surface area contributed by atoms with E-state index in [9.17, 15) is 10.1 Å². The number of carbonyl (C=O) groups excluding carboxylic acids is 1. The molecule has 0 unspecified atom stereocenters. The summed E-state index contributed by atoms with van der Waals surface area (Å²) >= 11 is 0. The van der Waals surface area contributed by atoms with E-state index in [0.717, 1.165) is 32.7 Å². The van der Waals surface area contributed by atoms with E-state index in [1.807, 2.05) is 11.0 Å². The standard InChI is InChI=1S/C14H23N5O2/c15-1-2-17-3-5-19(6-4-17)14(20)13(11-16)12-18-7-9-21-10-8-18/h12H,1-10,15H2/b13-12-. The molecule has 21 heavy (non-hydrogen) atoms. The van der Waals surface area contributed by atoms with E-state index in [1.165, 1.54) is 0 Å². The molecular weight excluding hydrogens is 270 g/mol. The summed E-state index contributed by atoms with van der Waals surface area (Å²) in [7, 11) is 0. The Morgan fingerprint density at radius 2 is 1.86 bits per heavy atom. The number of amides is 1. The highest BCUT2D eigenvalue weighted by Gasteiger charge is 2.24. The number of morpholine rings is 1. The zero-order chi connectivity index (χ0) is 15.1. The molecule has 0 bridgehead atoms. The fourth-order valence-corrected chi connectivity index (χ4v) is 2.55. The Balaban J connectivity index is 1.91. The van der Waals surface area contributed by atoms with E-state index in [1.54, 1.807) is 11.1 Å². The van der Waals surface area contributed by atoms with Crippen LogP contribution in [0.3, 0.4) is 0 Å². The van der Waals surface area contributed by atoms with E-state index in [2.05, 4.69) is 4.90 Å². The highest BCUT2D eigenvalue weighted by atomic mass is 16.5. The molecule has 0 aliphatic carbocycles. The molecule has 2 saturated heterocycles. The second-order valence-corrected chi connectivity index (χ2v) is 5.23. The molecule has 1 amide bonds. The van der Waals surface area contributed by atoms with Gasteiger partial charge in [0.15, 0.2) is 0 Å². The minimum Gasteiger partial charge on any atom is -0.378 e. The second kappa shape index (κ2) is 7.98. The van der Waals surface area contributed by atoms with Gasteiger partial charge in [-0.25, -0.2) is 0 Å². The SMILES string of the molecule is N#C/C(=C/N1CCOCC1)C(=O)N1CCN(CCN)CC1. The molecule has 0 aromatic heterocycles. The molecule has 2 rings (SSSR count). The largest absolute Gasteiger partial charge is 0.378 e. The second-order valence-electron chi connectivity index (χ2n) is 5.23. The maximum absolute atomic E-state index is 12.4. The molecule has 2 heterocycles. The van der Waals surface area contributed by atoms with Crippen LogP contribution in [0, 0.1) is 11.3 Å². The van der Waals surface area contributed by atoms with Crippen molar-refractivity contribution in [1.82, 2.24) is 14.7 Å². The third-order valence-electron chi connectivity index (χ3n) is 3.81. The Morgan fingerprint density at radius 3 is 2.43 bits per heavy atom. The fourth-order valence-electron chi connectivity index (χ4n) is 2.55. The first kappa shape index (κ1) is 15.8. The summed E-state index contributed by atoms with van der Waals surface area (Å²) in [6, 6.07) is 2.04. The third kappa shape index (κ3) is 4.43. The number of ether oxygens (including phenoxy) is 1. The number of nitriles is 1. The van der Waals surface area contributed by atoms with Crippen molar-refractivity contribution in [3.63, 3.8) is 0 Å². The van der Waals surface area contributed by atoms with E-state index in [-0.39, 0.29) is 11.5 Å². The molecule has 0 saturated carbocycles. The molecule has 0 aromatic rings. The maximum atomic E-state index is 12.4. The molecule has 2 fully saturated rings. The highest BCUT2D eigenvalue weighted by molar-refractivity contribution is 5.97. The van der Waals surface area contributed by atoms with Gasteiger partial charge in [-0.2, -0.15) is 5.26 Å². The number of rotatable bonds is 4. The molecule has 0 atom stereocenters. The van der Waals surface area contributed by atoms with Gasteiger partial charge < -0.3 is 20.3 Å². The normalized spacial score (nSPS) is 21.2. The molecular formula is C14H23N5O2. The first-order valence-electron chi connectivity index (χ1n) is 7.40. The van der Waals surface area contributed by atoms with Gasteiger partial charge in [0.1, 0.15) is 11.6 Å². The Kier molecular flexibility index (Phi) is 5.99. The first-order chi connectivity index (χ1) is 10.2. The van der Waals surface area contributed by atoms with Crippen molar-refractivity contribution < 1.29 is 9.53 Å². The predicted octanol–water partition coefficient (Wildman–Crippen LogP) is -1.17. The molecule has 0 radical (unpaired) electrons. The summed E-state index contributed by atoms with van der Waals surface area (Å²) < 4.78 is 5.26. The molecule has 0 aromatic carbocycles. The summed E-state index contributed by atoms with van der Waals surface area (Å²) in [6.45, 7) is 7.17. The molecule has 116 valence electrons. The minimum atomic E-state index is -0.170. The molecule has 2 aliphatic rings. The van der Waals surface area contributed by atoms with Gasteiger partial charge in [-0.05, 0) is 0 Å². The van der Waals surface area contributed by atoms with Crippen molar-refractivity contribution in [2.75, 3.05) is 65.6 Å². The Morgan fingerprint density at radius 1 is 1.19 bits per heavy atom. The van der Waals surface area contributed by atoms with Crippen LogP contribution in [0.2, 0.25) is 0 Å². The summed E-state index contributed by atoms with van der Waals surface area (Å²) in [6.07, 6.45) is 1.68. The highest BCUT2D eigenvalue weighted by Crippen LogP contribution is 2.09. The van der Waals surface area contributed by atoms with Crippen LogP contribution in [0.15, 0.2) is 11.8 Å². The Labute approximate surface area is 125 Å². The first-order valence-corrected chi connectivity index (χ1v) is 7.40. The van der Waals surface area contributed by atoms with Crippen LogP contribution in [0.25, 0.3) is 0 Å². The maximum Gasteiger partial charge on any atom is 0.266 e. The lowest BCUT2D eigenvalue weighted by atomic mass is 10.2. The minimum absolute atomic E-state index is 0.170. The van der Waals surface area contributed by atoms with Gasteiger partial charge in [-0.1, -0.05) is 0 Å². The van der Waals surface area contributed by atoms with Crippen LogP contribution in [-0.4, -0.2) is 86.2 Å². The monoisotopic (exact) mass is 293 g/mol. The Bertz CT molecular complexity index is 418. The van der Waals surface area contributed by atoms with Crippen molar-refractivity contribution in [2.24, 2.45) is 5.73 Å². The lowest BCUT2D eigenvalue weighted by Gasteiger charge is -2.34.